The van der Waals surface area contributed by atoms with Crippen molar-refractivity contribution < 1.29 is 36.6 Å². The van der Waals surface area contributed by atoms with E-state index in [2.05, 4.69) is 0 Å². The first-order valence-corrected chi connectivity index (χ1v) is 8.04. The van der Waals surface area contributed by atoms with E-state index >= 15 is 0 Å². The van der Waals surface area contributed by atoms with Crippen LogP contribution in [0.5, 0.6) is 0 Å². The van der Waals surface area contributed by atoms with E-state index in [0.717, 1.165) is 32.1 Å². The molecule has 0 saturated heterocycles. The first-order valence-electron chi connectivity index (χ1n) is 8.04. The van der Waals surface area contributed by atoms with Crippen LogP contribution < -0.4 is 0 Å². The van der Waals surface area contributed by atoms with E-state index in [9.17, 15) is 26.3 Å². The molecule has 0 fully saturated rings. The van der Waals surface area contributed by atoms with Crippen molar-refractivity contribution >= 4 is 0 Å². The number of aliphatic hydroxyl groups excluding tert-OH is 2. The molecule has 0 aliphatic rings. The summed E-state index contributed by atoms with van der Waals surface area (Å²) in [6, 6.07) is 0. The number of unbranched alkanes of at least 4 members (excludes halogenated alkanes) is 8. The maximum absolute atomic E-state index is 12.0. The first kappa shape index (κ1) is 22.5. The Hall–Kier alpha value is -0.500. The summed E-state index contributed by atoms with van der Waals surface area (Å²) in [4.78, 5) is 0. The Morgan fingerprint density at radius 3 is 0.913 bits per heavy atom. The maximum atomic E-state index is 12.0. The lowest BCUT2D eigenvalue weighted by molar-refractivity contribution is -0.206. The number of alkyl halides is 6. The van der Waals surface area contributed by atoms with Crippen LogP contribution in [0.25, 0.3) is 0 Å². The number of halogens is 6. The summed E-state index contributed by atoms with van der Waals surface area (Å²) >= 11 is 0. The number of hydrogen-bond acceptors (Lipinski definition) is 2. The molecule has 0 aliphatic heterocycles. The fourth-order valence-corrected chi connectivity index (χ4v) is 2.24. The molecular weight excluding hydrogens is 326 g/mol. The Kier molecular flexibility index (Phi) is 10.9. The van der Waals surface area contributed by atoms with Crippen molar-refractivity contribution in [1.29, 1.82) is 0 Å². The Morgan fingerprint density at radius 2 is 0.696 bits per heavy atom. The van der Waals surface area contributed by atoms with Crippen molar-refractivity contribution in [3.05, 3.63) is 0 Å². The van der Waals surface area contributed by atoms with Gasteiger partial charge in [0.25, 0.3) is 0 Å². The lowest BCUT2D eigenvalue weighted by Gasteiger charge is -2.14. The molecule has 0 aromatic rings. The number of rotatable bonds is 12. The van der Waals surface area contributed by atoms with Gasteiger partial charge in [-0.2, -0.15) is 26.3 Å². The van der Waals surface area contributed by atoms with E-state index in [4.69, 9.17) is 10.2 Å². The molecule has 23 heavy (non-hydrogen) atoms. The standard InChI is InChI=1S/C15H26F6O2/c16-14(17,18)12(22)10-8-6-4-2-1-3-5-7-9-11-13(23)15(19,20)21/h12-13,22-23H,1-11H2/t12-,13-/m0/s1. The van der Waals surface area contributed by atoms with Gasteiger partial charge in [-0.1, -0.05) is 57.8 Å². The molecule has 0 radical (unpaired) electrons. The van der Waals surface area contributed by atoms with Gasteiger partial charge >= 0.3 is 12.4 Å². The van der Waals surface area contributed by atoms with Gasteiger partial charge in [0.2, 0.25) is 0 Å². The summed E-state index contributed by atoms with van der Waals surface area (Å²) in [5.41, 5.74) is 0. The van der Waals surface area contributed by atoms with E-state index < -0.39 is 24.6 Å². The van der Waals surface area contributed by atoms with E-state index in [0.29, 0.717) is 25.7 Å². The third-order valence-electron chi connectivity index (χ3n) is 3.71. The molecule has 0 amide bonds. The van der Waals surface area contributed by atoms with Gasteiger partial charge in [-0.05, 0) is 12.8 Å². The zero-order valence-electron chi connectivity index (χ0n) is 13.1. The molecule has 0 rings (SSSR count). The summed E-state index contributed by atoms with van der Waals surface area (Å²) in [6.45, 7) is 0. The van der Waals surface area contributed by atoms with Crippen LogP contribution >= 0.6 is 0 Å². The average molecular weight is 352 g/mol. The summed E-state index contributed by atoms with van der Waals surface area (Å²) < 4.78 is 72.1. The third kappa shape index (κ3) is 12.6. The lowest BCUT2D eigenvalue weighted by atomic mass is 10.0. The number of hydrogen-bond donors (Lipinski definition) is 2. The molecule has 2 atom stereocenters. The third-order valence-corrected chi connectivity index (χ3v) is 3.71. The van der Waals surface area contributed by atoms with Crippen molar-refractivity contribution in [1.82, 2.24) is 0 Å². The van der Waals surface area contributed by atoms with E-state index in [1.54, 1.807) is 0 Å². The average Bonchev–Trinajstić information content (AvgIpc) is 2.42. The molecule has 2 nitrogen and oxygen atoms in total. The molecule has 0 aliphatic carbocycles. The van der Waals surface area contributed by atoms with Gasteiger partial charge in [0.05, 0.1) is 0 Å². The molecule has 0 bridgehead atoms. The Labute approximate surface area is 132 Å². The molecule has 0 unspecified atom stereocenters. The summed E-state index contributed by atoms with van der Waals surface area (Å²) in [5.74, 6) is 0. The first-order chi connectivity index (χ1) is 10.5. The molecule has 0 spiro atoms. The van der Waals surface area contributed by atoms with Crippen LogP contribution in [0, 0.1) is 0 Å². The maximum Gasteiger partial charge on any atom is 0.414 e. The molecule has 0 aromatic heterocycles. The van der Waals surface area contributed by atoms with Crippen LogP contribution in [0.1, 0.15) is 70.6 Å². The second-order valence-electron chi connectivity index (χ2n) is 5.87. The van der Waals surface area contributed by atoms with Gasteiger partial charge in [-0.25, -0.2) is 0 Å². The normalized spacial score (nSPS) is 15.7. The minimum atomic E-state index is -4.54. The van der Waals surface area contributed by atoms with Crippen LogP contribution in [0.2, 0.25) is 0 Å². The number of aliphatic hydroxyl groups is 2. The highest BCUT2D eigenvalue weighted by atomic mass is 19.4. The van der Waals surface area contributed by atoms with Crippen molar-refractivity contribution in [2.45, 2.75) is 95.2 Å². The Balaban J connectivity index is 3.32. The second-order valence-corrected chi connectivity index (χ2v) is 5.87. The molecule has 0 heterocycles. The van der Waals surface area contributed by atoms with Gasteiger partial charge in [-0.15, -0.1) is 0 Å². The summed E-state index contributed by atoms with van der Waals surface area (Å²) in [5, 5.41) is 17.6. The van der Waals surface area contributed by atoms with Crippen molar-refractivity contribution in [3.63, 3.8) is 0 Å². The van der Waals surface area contributed by atoms with Crippen LogP contribution in [0.15, 0.2) is 0 Å². The lowest BCUT2D eigenvalue weighted by Crippen LogP contribution is -2.28. The molecule has 0 saturated carbocycles. The van der Waals surface area contributed by atoms with Gasteiger partial charge in [0.15, 0.2) is 0 Å². The zero-order chi connectivity index (χ0) is 17.9. The quantitative estimate of drug-likeness (QED) is 0.378. The highest BCUT2D eigenvalue weighted by Crippen LogP contribution is 2.25. The highest BCUT2D eigenvalue weighted by Gasteiger charge is 2.37. The molecule has 140 valence electrons. The van der Waals surface area contributed by atoms with Crippen LogP contribution in [-0.2, 0) is 0 Å². The smallest absolute Gasteiger partial charge is 0.384 e. The minimum absolute atomic E-state index is 0.273. The Morgan fingerprint density at radius 1 is 0.478 bits per heavy atom. The van der Waals surface area contributed by atoms with Crippen molar-refractivity contribution in [2.75, 3.05) is 0 Å². The van der Waals surface area contributed by atoms with E-state index in [1.165, 1.54) is 0 Å². The van der Waals surface area contributed by atoms with Gasteiger partial charge < -0.3 is 10.2 Å². The monoisotopic (exact) mass is 352 g/mol. The predicted molar refractivity (Wildman–Crippen MR) is 74.9 cm³/mol. The van der Waals surface area contributed by atoms with Gasteiger partial charge in [0, 0.05) is 0 Å². The topological polar surface area (TPSA) is 40.5 Å². The van der Waals surface area contributed by atoms with Crippen LogP contribution in [0.3, 0.4) is 0 Å². The van der Waals surface area contributed by atoms with Crippen molar-refractivity contribution in [3.8, 4) is 0 Å². The molecule has 0 aromatic carbocycles. The Bertz CT molecular complexity index is 263. The van der Waals surface area contributed by atoms with Gasteiger partial charge in [0.1, 0.15) is 12.2 Å². The largest absolute Gasteiger partial charge is 0.414 e. The van der Waals surface area contributed by atoms with Crippen LogP contribution in [0.4, 0.5) is 26.3 Å². The second kappa shape index (κ2) is 11.1. The van der Waals surface area contributed by atoms with E-state index in [-0.39, 0.29) is 12.8 Å². The van der Waals surface area contributed by atoms with Crippen molar-refractivity contribution in [2.24, 2.45) is 0 Å². The SMILES string of the molecule is O[C@@H](CCCCCCCCCCC[C@H](O)C(F)(F)F)C(F)(F)F. The summed E-state index contributed by atoms with van der Waals surface area (Å²) in [6.07, 6.45) is -7.99. The van der Waals surface area contributed by atoms with Crippen LogP contribution in [-0.4, -0.2) is 34.8 Å². The molecular formula is C15H26F6O2. The van der Waals surface area contributed by atoms with E-state index in [1.807, 2.05) is 0 Å². The highest BCUT2D eigenvalue weighted by molar-refractivity contribution is 4.65. The summed E-state index contributed by atoms with van der Waals surface area (Å²) in [7, 11) is 0. The predicted octanol–water partition coefficient (Wildman–Crippen LogP) is 5.12. The minimum Gasteiger partial charge on any atom is -0.384 e. The van der Waals surface area contributed by atoms with Gasteiger partial charge in [-0.3, -0.25) is 0 Å². The molecule has 8 heteroatoms. The fraction of sp³-hybridized carbons (Fsp3) is 1.00. The molecule has 2 N–H and O–H groups in total. The fourth-order valence-electron chi connectivity index (χ4n) is 2.24. The zero-order valence-corrected chi connectivity index (χ0v) is 13.1.